The Morgan fingerprint density at radius 2 is 2.03 bits per heavy atom. The second kappa shape index (κ2) is 12.7. The second-order valence-corrected chi connectivity index (χ2v) is 8.59. The van der Waals surface area contributed by atoms with Gasteiger partial charge in [0.1, 0.15) is 0 Å². The van der Waals surface area contributed by atoms with Crippen LogP contribution < -0.4 is 10.6 Å². The summed E-state index contributed by atoms with van der Waals surface area (Å²) >= 11 is 0. The van der Waals surface area contributed by atoms with Crippen LogP contribution in [0.25, 0.3) is 0 Å². The zero-order valence-electron chi connectivity index (χ0n) is 19.1. The molecule has 172 valence electrons. The maximum atomic E-state index is 12.5. The van der Waals surface area contributed by atoms with Crippen LogP contribution >= 0.6 is 0 Å². The number of hydrogen-bond acceptors (Lipinski definition) is 4. The Kier molecular flexibility index (Phi) is 9.62. The molecule has 2 aliphatic rings. The molecule has 2 N–H and O–H groups in total. The van der Waals surface area contributed by atoms with Gasteiger partial charge in [0.25, 0.3) is 0 Å². The van der Waals surface area contributed by atoms with Crippen LogP contribution in [0.3, 0.4) is 0 Å². The Morgan fingerprint density at radius 1 is 1.19 bits per heavy atom. The van der Waals surface area contributed by atoms with Crippen molar-refractivity contribution in [2.45, 2.75) is 45.1 Å². The van der Waals surface area contributed by atoms with Crippen LogP contribution in [0.1, 0.15) is 44.1 Å². The van der Waals surface area contributed by atoms with Gasteiger partial charge in [0, 0.05) is 51.3 Å². The van der Waals surface area contributed by atoms with Crippen LogP contribution in [0, 0.1) is 11.8 Å². The first-order valence-corrected chi connectivity index (χ1v) is 11.6. The van der Waals surface area contributed by atoms with Crippen molar-refractivity contribution in [1.29, 1.82) is 0 Å². The lowest BCUT2D eigenvalue weighted by Gasteiger charge is -2.22. The molecule has 0 aromatic heterocycles. The topological polar surface area (TPSA) is 75.2 Å². The standard InChI is InChI=1S/C24H38N4O3/c1-25-24(28-12-11-20(17-28)18-31-14-13-30-2)26-16-19-7-6-10-22(15-19)27-23(29)21-8-4-3-5-9-21/h6-7,10,15,20-21H,3-5,8-9,11-14,16-18H2,1-2H3,(H,25,26)(H,27,29). The van der Waals surface area contributed by atoms with E-state index in [0.717, 1.165) is 69.0 Å². The third-order valence-corrected chi connectivity index (χ3v) is 6.20. The molecule has 0 bridgehead atoms. The first-order chi connectivity index (χ1) is 15.2. The van der Waals surface area contributed by atoms with Gasteiger partial charge in [-0.2, -0.15) is 0 Å². The number of carbonyl (C=O) groups is 1. The average molecular weight is 431 g/mol. The predicted octanol–water partition coefficient (Wildman–Crippen LogP) is 3.27. The highest BCUT2D eigenvalue weighted by atomic mass is 16.5. The van der Waals surface area contributed by atoms with Crippen LogP contribution in [-0.2, 0) is 20.8 Å². The quantitative estimate of drug-likeness (QED) is 0.357. The monoisotopic (exact) mass is 430 g/mol. The van der Waals surface area contributed by atoms with Gasteiger partial charge in [-0.3, -0.25) is 9.79 Å². The number of nitrogens with one attached hydrogen (secondary N) is 2. The number of benzene rings is 1. The highest BCUT2D eigenvalue weighted by Crippen LogP contribution is 2.25. The van der Waals surface area contributed by atoms with Crippen molar-refractivity contribution in [3.05, 3.63) is 29.8 Å². The third kappa shape index (κ3) is 7.51. The molecule has 0 radical (unpaired) electrons. The van der Waals surface area contributed by atoms with Gasteiger partial charge >= 0.3 is 0 Å². The first kappa shape index (κ1) is 23.5. The summed E-state index contributed by atoms with van der Waals surface area (Å²) in [5, 5.41) is 6.58. The largest absolute Gasteiger partial charge is 0.382 e. The van der Waals surface area contributed by atoms with E-state index in [1.807, 2.05) is 19.2 Å². The number of methoxy groups -OCH3 is 1. The molecule has 1 atom stereocenters. The van der Waals surface area contributed by atoms with E-state index in [-0.39, 0.29) is 11.8 Å². The molecule has 1 saturated carbocycles. The first-order valence-electron chi connectivity index (χ1n) is 11.6. The van der Waals surface area contributed by atoms with Gasteiger partial charge in [-0.05, 0) is 37.0 Å². The second-order valence-electron chi connectivity index (χ2n) is 8.59. The van der Waals surface area contributed by atoms with E-state index in [2.05, 4.69) is 32.7 Å². The molecule has 7 heteroatoms. The fourth-order valence-corrected chi connectivity index (χ4v) is 4.43. The summed E-state index contributed by atoms with van der Waals surface area (Å²) in [5.74, 6) is 1.76. The minimum Gasteiger partial charge on any atom is -0.382 e. The molecule has 31 heavy (non-hydrogen) atoms. The van der Waals surface area contributed by atoms with Crippen LogP contribution in [0.5, 0.6) is 0 Å². The van der Waals surface area contributed by atoms with Gasteiger partial charge in [0.15, 0.2) is 5.96 Å². The van der Waals surface area contributed by atoms with Gasteiger partial charge in [0.05, 0.1) is 19.8 Å². The number of hydrogen-bond donors (Lipinski definition) is 2. The zero-order chi connectivity index (χ0) is 21.9. The number of carbonyl (C=O) groups excluding carboxylic acids is 1. The maximum absolute atomic E-state index is 12.5. The molecule has 1 heterocycles. The van der Waals surface area contributed by atoms with Crippen molar-refractivity contribution in [2.75, 3.05) is 52.4 Å². The van der Waals surface area contributed by atoms with Crippen molar-refractivity contribution in [3.8, 4) is 0 Å². The molecular formula is C24H38N4O3. The number of amides is 1. The van der Waals surface area contributed by atoms with E-state index >= 15 is 0 Å². The van der Waals surface area contributed by atoms with Crippen molar-refractivity contribution in [1.82, 2.24) is 10.2 Å². The Balaban J connectivity index is 1.45. The molecule has 1 aromatic rings. The van der Waals surface area contributed by atoms with Crippen LogP contribution in [-0.4, -0.2) is 63.8 Å². The normalized spacial score (nSPS) is 20.1. The number of guanidine groups is 1. The van der Waals surface area contributed by atoms with E-state index in [0.29, 0.717) is 25.7 Å². The van der Waals surface area contributed by atoms with Gasteiger partial charge in [-0.1, -0.05) is 31.4 Å². The summed E-state index contributed by atoms with van der Waals surface area (Å²) < 4.78 is 10.7. The van der Waals surface area contributed by atoms with Crippen molar-refractivity contribution >= 4 is 17.6 Å². The molecule has 1 aliphatic carbocycles. The van der Waals surface area contributed by atoms with Gasteiger partial charge in [0.2, 0.25) is 5.91 Å². The fraction of sp³-hybridized carbons (Fsp3) is 0.667. The Bertz CT molecular complexity index is 719. The summed E-state index contributed by atoms with van der Waals surface area (Å²) in [6.45, 7) is 4.65. The molecule has 1 saturated heterocycles. The Hall–Kier alpha value is -2.12. The minimum absolute atomic E-state index is 0.163. The van der Waals surface area contributed by atoms with Crippen LogP contribution in [0.4, 0.5) is 5.69 Å². The highest BCUT2D eigenvalue weighted by molar-refractivity contribution is 5.92. The lowest BCUT2D eigenvalue weighted by molar-refractivity contribution is -0.120. The maximum Gasteiger partial charge on any atom is 0.227 e. The predicted molar refractivity (Wildman–Crippen MR) is 124 cm³/mol. The number of aliphatic imine (C=N–C) groups is 1. The lowest BCUT2D eigenvalue weighted by Crippen LogP contribution is -2.39. The van der Waals surface area contributed by atoms with Gasteiger partial charge in [-0.15, -0.1) is 0 Å². The van der Waals surface area contributed by atoms with E-state index in [1.165, 1.54) is 6.42 Å². The summed E-state index contributed by atoms with van der Waals surface area (Å²) in [5.41, 5.74) is 2.00. The number of anilines is 1. The summed E-state index contributed by atoms with van der Waals surface area (Å²) in [7, 11) is 3.52. The molecule has 1 unspecified atom stereocenters. The summed E-state index contributed by atoms with van der Waals surface area (Å²) in [6.07, 6.45) is 6.71. The number of rotatable bonds is 9. The number of ether oxygens (including phenoxy) is 2. The smallest absolute Gasteiger partial charge is 0.227 e. The fourth-order valence-electron chi connectivity index (χ4n) is 4.43. The molecule has 1 amide bonds. The van der Waals surface area contributed by atoms with Crippen LogP contribution in [0.15, 0.2) is 29.3 Å². The van der Waals surface area contributed by atoms with E-state index < -0.39 is 0 Å². The molecule has 7 nitrogen and oxygen atoms in total. The molecular weight excluding hydrogens is 392 g/mol. The Morgan fingerprint density at radius 3 is 2.81 bits per heavy atom. The number of nitrogens with zero attached hydrogens (tertiary/aromatic N) is 2. The van der Waals surface area contributed by atoms with E-state index in [4.69, 9.17) is 9.47 Å². The molecule has 3 rings (SSSR count). The highest BCUT2D eigenvalue weighted by Gasteiger charge is 2.25. The molecule has 2 fully saturated rings. The SMILES string of the molecule is CN=C(NCc1cccc(NC(=O)C2CCCCC2)c1)N1CCC(COCCOC)C1. The third-order valence-electron chi connectivity index (χ3n) is 6.20. The van der Waals surface area contributed by atoms with Gasteiger partial charge < -0.3 is 25.0 Å². The van der Waals surface area contributed by atoms with Crippen molar-refractivity contribution < 1.29 is 14.3 Å². The minimum atomic E-state index is 0.163. The zero-order valence-corrected chi connectivity index (χ0v) is 19.1. The summed E-state index contributed by atoms with van der Waals surface area (Å²) in [4.78, 5) is 19.3. The molecule has 1 aliphatic heterocycles. The lowest BCUT2D eigenvalue weighted by atomic mass is 9.88. The molecule has 0 spiro atoms. The number of likely N-dealkylation sites (tertiary alicyclic amines) is 1. The van der Waals surface area contributed by atoms with Crippen LogP contribution in [0.2, 0.25) is 0 Å². The van der Waals surface area contributed by atoms with Crippen molar-refractivity contribution in [2.24, 2.45) is 16.8 Å². The van der Waals surface area contributed by atoms with Crippen molar-refractivity contribution in [3.63, 3.8) is 0 Å². The van der Waals surface area contributed by atoms with E-state index in [1.54, 1.807) is 7.11 Å². The van der Waals surface area contributed by atoms with Gasteiger partial charge in [-0.25, -0.2) is 0 Å². The summed E-state index contributed by atoms with van der Waals surface area (Å²) in [6, 6.07) is 8.09. The molecule has 1 aromatic carbocycles. The van der Waals surface area contributed by atoms with E-state index in [9.17, 15) is 4.79 Å². The Labute approximate surface area is 186 Å². The average Bonchev–Trinajstić information content (AvgIpc) is 3.27.